The van der Waals surface area contributed by atoms with Gasteiger partial charge >= 0.3 is 0 Å². The number of nitrogens with zero attached hydrogens (tertiary/aromatic N) is 1. The zero-order valence-corrected chi connectivity index (χ0v) is 16.2. The largest absolute Gasteiger partial charge is 0.484 e. The maximum absolute atomic E-state index is 12.0. The van der Waals surface area contributed by atoms with Crippen molar-refractivity contribution in [2.45, 2.75) is 20.4 Å². The van der Waals surface area contributed by atoms with Crippen molar-refractivity contribution < 1.29 is 9.53 Å². The average Bonchev–Trinajstić information content (AvgIpc) is 3.08. The van der Waals surface area contributed by atoms with Crippen molar-refractivity contribution in [2.24, 2.45) is 0 Å². The van der Waals surface area contributed by atoms with Crippen molar-refractivity contribution in [1.82, 2.24) is 10.3 Å². The monoisotopic (exact) mass is 386 g/mol. The summed E-state index contributed by atoms with van der Waals surface area (Å²) in [6, 6.07) is 13.3. The zero-order valence-electron chi connectivity index (χ0n) is 14.6. The van der Waals surface area contributed by atoms with E-state index < -0.39 is 0 Å². The van der Waals surface area contributed by atoms with Gasteiger partial charge in [0.1, 0.15) is 5.75 Å². The fourth-order valence-corrected chi connectivity index (χ4v) is 3.14. The van der Waals surface area contributed by atoms with Crippen molar-refractivity contribution in [2.75, 3.05) is 6.61 Å². The van der Waals surface area contributed by atoms with E-state index in [1.165, 1.54) is 0 Å². The molecular weight excluding hydrogens is 368 g/mol. The molecule has 0 bridgehead atoms. The van der Waals surface area contributed by atoms with Gasteiger partial charge in [-0.25, -0.2) is 4.98 Å². The van der Waals surface area contributed by atoms with Crippen LogP contribution in [0.2, 0.25) is 5.02 Å². The molecule has 0 unspecified atom stereocenters. The number of rotatable bonds is 6. The Kier molecular flexibility index (Phi) is 5.91. The van der Waals surface area contributed by atoms with E-state index in [4.69, 9.17) is 16.3 Å². The van der Waals surface area contributed by atoms with Gasteiger partial charge in [-0.15, -0.1) is 11.3 Å². The molecule has 26 heavy (non-hydrogen) atoms. The molecule has 0 fully saturated rings. The predicted octanol–water partition coefficient (Wildman–Crippen LogP) is 4.78. The van der Waals surface area contributed by atoms with E-state index in [9.17, 15) is 4.79 Å². The Morgan fingerprint density at radius 2 is 1.96 bits per heavy atom. The van der Waals surface area contributed by atoms with Gasteiger partial charge in [0.15, 0.2) is 6.61 Å². The van der Waals surface area contributed by atoms with E-state index >= 15 is 0 Å². The van der Waals surface area contributed by atoms with Gasteiger partial charge in [0.25, 0.3) is 5.91 Å². The van der Waals surface area contributed by atoms with E-state index in [0.29, 0.717) is 17.3 Å². The number of nitrogens with one attached hydrogen (secondary N) is 1. The third-order valence-corrected chi connectivity index (χ3v) is 5.06. The molecule has 0 radical (unpaired) electrons. The molecule has 0 spiro atoms. The number of carbonyl (C=O) groups excluding carboxylic acids is 1. The van der Waals surface area contributed by atoms with E-state index in [1.807, 2.05) is 49.6 Å². The first-order valence-corrected chi connectivity index (χ1v) is 9.44. The summed E-state index contributed by atoms with van der Waals surface area (Å²) in [4.78, 5) is 16.4. The highest BCUT2D eigenvalue weighted by molar-refractivity contribution is 7.09. The highest BCUT2D eigenvalue weighted by atomic mass is 35.5. The van der Waals surface area contributed by atoms with Crippen LogP contribution >= 0.6 is 22.9 Å². The number of carbonyl (C=O) groups is 1. The quantitative estimate of drug-likeness (QED) is 0.663. The highest BCUT2D eigenvalue weighted by Crippen LogP contribution is 2.22. The number of aryl methyl sites for hydroxylation is 2. The number of hydrogen-bond acceptors (Lipinski definition) is 4. The Hall–Kier alpha value is -2.37. The molecule has 1 aromatic heterocycles. The molecule has 0 saturated carbocycles. The summed E-state index contributed by atoms with van der Waals surface area (Å²) in [5, 5.41) is 6.63. The Morgan fingerprint density at radius 3 is 2.62 bits per heavy atom. The van der Waals surface area contributed by atoms with Crippen molar-refractivity contribution >= 4 is 28.8 Å². The SMILES string of the molecule is Cc1nc(-c2ccc(CNC(=O)COc3ccc(Cl)c(C)c3)cc2)cs1. The zero-order chi connectivity index (χ0) is 18.5. The fourth-order valence-electron chi connectivity index (χ4n) is 2.40. The van der Waals surface area contributed by atoms with Crippen LogP contribution in [0.1, 0.15) is 16.1 Å². The number of amides is 1. The molecule has 0 atom stereocenters. The topological polar surface area (TPSA) is 51.2 Å². The van der Waals surface area contributed by atoms with Crippen molar-refractivity contribution in [3.8, 4) is 17.0 Å². The first-order chi connectivity index (χ1) is 12.5. The number of hydrogen-bond donors (Lipinski definition) is 1. The van der Waals surface area contributed by atoms with Crippen LogP contribution in [0, 0.1) is 13.8 Å². The van der Waals surface area contributed by atoms with E-state index in [0.717, 1.165) is 27.4 Å². The average molecular weight is 387 g/mol. The summed E-state index contributed by atoms with van der Waals surface area (Å²) in [7, 11) is 0. The first-order valence-electron chi connectivity index (χ1n) is 8.18. The Morgan fingerprint density at radius 1 is 1.19 bits per heavy atom. The molecule has 4 nitrogen and oxygen atoms in total. The smallest absolute Gasteiger partial charge is 0.258 e. The van der Waals surface area contributed by atoms with Gasteiger partial charge in [0.2, 0.25) is 0 Å². The standard InChI is InChI=1S/C20H19ClN2O2S/c1-13-9-17(7-8-18(13)21)25-11-20(24)22-10-15-3-5-16(6-4-15)19-12-26-14(2)23-19/h3-9,12H,10-11H2,1-2H3,(H,22,24). The van der Waals surface area contributed by atoms with Gasteiger partial charge < -0.3 is 10.1 Å². The molecule has 3 aromatic rings. The van der Waals surface area contributed by atoms with Gasteiger partial charge in [-0.05, 0) is 43.2 Å². The summed E-state index contributed by atoms with van der Waals surface area (Å²) < 4.78 is 5.49. The lowest BCUT2D eigenvalue weighted by molar-refractivity contribution is -0.123. The minimum absolute atomic E-state index is 0.0305. The Balaban J connectivity index is 1.48. The summed E-state index contributed by atoms with van der Waals surface area (Å²) in [5.41, 5.74) is 4.00. The number of halogens is 1. The lowest BCUT2D eigenvalue weighted by Crippen LogP contribution is -2.28. The van der Waals surface area contributed by atoms with Gasteiger partial charge in [0, 0.05) is 22.5 Å². The molecule has 0 aliphatic heterocycles. The van der Waals surface area contributed by atoms with E-state index in [2.05, 4.69) is 10.3 Å². The van der Waals surface area contributed by atoms with Crippen LogP contribution in [0.15, 0.2) is 47.8 Å². The molecule has 134 valence electrons. The van der Waals surface area contributed by atoms with E-state index in [-0.39, 0.29) is 12.5 Å². The maximum Gasteiger partial charge on any atom is 0.258 e. The van der Waals surface area contributed by atoms with Crippen LogP contribution in [0.4, 0.5) is 0 Å². The number of thiazole rings is 1. The molecule has 1 N–H and O–H groups in total. The molecule has 0 aliphatic rings. The van der Waals surface area contributed by atoms with Crippen molar-refractivity contribution in [3.63, 3.8) is 0 Å². The Bertz CT molecular complexity index is 906. The summed E-state index contributed by atoms with van der Waals surface area (Å²) in [6.07, 6.45) is 0. The predicted molar refractivity (Wildman–Crippen MR) is 106 cm³/mol. The second-order valence-corrected chi connectivity index (χ2v) is 7.39. The number of ether oxygens (including phenoxy) is 1. The summed E-state index contributed by atoms with van der Waals surface area (Å²) in [5.74, 6) is 0.460. The first kappa shape index (κ1) is 18.4. The van der Waals surface area contributed by atoms with Gasteiger partial charge in [-0.3, -0.25) is 4.79 Å². The molecule has 3 rings (SSSR count). The lowest BCUT2D eigenvalue weighted by Gasteiger charge is -2.09. The lowest BCUT2D eigenvalue weighted by atomic mass is 10.1. The summed E-state index contributed by atoms with van der Waals surface area (Å²) in [6.45, 7) is 4.31. The second kappa shape index (κ2) is 8.34. The fraction of sp³-hybridized carbons (Fsp3) is 0.200. The van der Waals surface area contributed by atoms with Crippen LogP contribution in [0.3, 0.4) is 0 Å². The van der Waals surface area contributed by atoms with Gasteiger partial charge in [-0.2, -0.15) is 0 Å². The van der Waals surface area contributed by atoms with Crippen molar-refractivity contribution in [3.05, 3.63) is 69.0 Å². The Labute approximate surface area is 161 Å². The molecule has 0 saturated heterocycles. The maximum atomic E-state index is 12.0. The van der Waals surface area contributed by atoms with Crippen LogP contribution in [0.25, 0.3) is 11.3 Å². The molecule has 6 heteroatoms. The highest BCUT2D eigenvalue weighted by Gasteiger charge is 2.06. The van der Waals surface area contributed by atoms with Crippen molar-refractivity contribution in [1.29, 1.82) is 0 Å². The van der Waals surface area contributed by atoms with E-state index in [1.54, 1.807) is 23.5 Å². The molecular formula is C20H19ClN2O2S. The van der Waals surface area contributed by atoms with Crippen LogP contribution in [0.5, 0.6) is 5.75 Å². The minimum atomic E-state index is -0.170. The molecule has 1 amide bonds. The second-order valence-electron chi connectivity index (χ2n) is 5.93. The van der Waals surface area contributed by atoms with Crippen LogP contribution in [-0.4, -0.2) is 17.5 Å². The third kappa shape index (κ3) is 4.84. The molecule has 1 heterocycles. The van der Waals surface area contributed by atoms with Gasteiger partial charge in [0.05, 0.1) is 10.7 Å². The minimum Gasteiger partial charge on any atom is -0.484 e. The van der Waals surface area contributed by atoms with Crippen LogP contribution in [-0.2, 0) is 11.3 Å². The normalized spacial score (nSPS) is 10.6. The van der Waals surface area contributed by atoms with Crippen LogP contribution < -0.4 is 10.1 Å². The molecule has 0 aliphatic carbocycles. The summed E-state index contributed by atoms with van der Waals surface area (Å²) >= 11 is 7.61. The number of aromatic nitrogens is 1. The molecule has 2 aromatic carbocycles. The van der Waals surface area contributed by atoms with Gasteiger partial charge in [-0.1, -0.05) is 35.9 Å². The number of benzene rings is 2. The third-order valence-electron chi connectivity index (χ3n) is 3.86.